The minimum absolute atomic E-state index is 0.00852. The lowest BCUT2D eigenvalue weighted by molar-refractivity contribution is 0.237. The number of oxazole rings is 1. The molecule has 0 aliphatic heterocycles. The van der Waals surface area contributed by atoms with E-state index in [1.807, 2.05) is 18.9 Å². The lowest BCUT2D eigenvalue weighted by atomic mass is 10.2. The van der Waals surface area contributed by atoms with Crippen LogP contribution < -0.4 is 0 Å². The summed E-state index contributed by atoms with van der Waals surface area (Å²) in [4.78, 5) is 6.34. The SMILES string of the molecule is Cc1oc(-c2cccc(F)c2F)nc1CN(C)[C@@H](C)c1ccon1. The Morgan fingerprint density at radius 1 is 1.25 bits per heavy atom. The fraction of sp³-hybridized carbons (Fsp3) is 0.294. The van der Waals surface area contributed by atoms with Crippen LogP contribution in [0.15, 0.2) is 39.5 Å². The van der Waals surface area contributed by atoms with Gasteiger partial charge in [-0.15, -0.1) is 0 Å². The molecule has 7 heteroatoms. The van der Waals surface area contributed by atoms with Gasteiger partial charge in [0.2, 0.25) is 5.89 Å². The highest BCUT2D eigenvalue weighted by atomic mass is 19.2. The maximum atomic E-state index is 13.9. The molecule has 0 bridgehead atoms. The molecule has 5 nitrogen and oxygen atoms in total. The van der Waals surface area contributed by atoms with E-state index in [2.05, 4.69) is 10.1 Å². The van der Waals surface area contributed by atoms with Crippen molar-refractivity contribution in [2.45, 2.75) is 26.4 Å². The quantitative estimate of drug-likeness (QED) is 0.703. The zero-order chi connectivity index (χ0) is 17.3. The van der Waals surface area contributed by atoms with Gasteiger partial charge < -0.3 is 8.94 Å². The van der Waals surface area contributed by atoms with Gasteiger partial charge in [0.05, 0.1) is 17.3 Å². The Kier molecular flexibility index (Phi) is 4.44. The van der Waals surface area contributed by atoms with Crippen LogP contribution in [0.2, 0.25) is 0 Å². The average Bonchev–Trinajstić information content (AvgIpc) is 3.20. The van der Waals surface area contributed by atoms with E-state index in [-0.39, 0.29) is 17.5 Å². The Morgan fingerprint density at radius 2 is 2.04 bits per heavy atom. The summed E-state index contributed by atoms with van der Waals surface area (Å²) < 4.78 is 37.7. The highest BCUT2D eigenvalue weighted by Crippen LogP contribution is 2.27. The summed E-state index contributed by atoms with van der Waals surface area (Å²) in [7, 11) is 1.91. The van der Waals surface area contributed by atoms with Crippen molar-refractivity contribution in [1.82, 2.24) is 15.0 Å². The van der Waals surface area contributed by atoms with Crippen molar-refractivity contribution in [3.63, 3.8) is 0 Å². The third kappa shape index (κ3) is 3.07. The van der Waals surface area contributed by atoms with E-state index >= 15 is 0 Å². The van der Waals surface area contributed by atoms with Gasteiger partial charge in [0, 0.05) is 12.6 Å². The number of hydrogen-bond donors (Lipinski definition) is 0. The monoisotopic (exact) mass is 333 g/mol. The fourth-order valence-corrected chi connectivity index (χ4v) is 2.40. The lowest BCUT2D eigenvalue weighted by Gasteiger charge is -2.21. The summed E-state index contributed by atoms with van der Waals surface area (Å²) in [5.74, 6) is -1.26. The van der Waals surface area contributed by atoms with Crippen LogP contribution in [0.25, 0.3) is 11.5 Å². The van der Waals surface area contributed by atoms with Crippen LogP contribution in [0, 0.1) is 18.6 Å². The lowest BCUT2D eigenvalue weighted by Crippen LogP contribution is -2.22. The highest BCUT2D eigenvalue weighted by Gasteiger charge is 2.20. The standard InChI is InChI=1S/C17H17F2N3O2/c1-10(14-7-8-23-21-14)22(3)9-15-11(2)24-17(20-15)12-5-4-6-13(18)16(12)19/h4-8,10H,9H2,1-3H3/t10-/m0/s1. The molecule has 0 saturated carbocycles. The van der Waals surface area contributed by atoms with E-state index in [1.165, 1.54) is 18.4 Å². The van der Waals surface area contributed by atoms with Gasteiger partial charge in [-0.05, 0) is 33.0 Å². The number of nitrogens with zero attached hydrogens (tertiary/aromatic N) is 3. The Bertz CT molecular complexity index is 830. The van der Waals surface area contributed by atoms with Crippen molar-refractivity contribution in [2.75, 3.05) is 7.05 Å². The van der Waals surface area contributed by atoms with Crippen LogP contribution in [0.4, 0.5) is 8.78 Å². The van der Waals surface area contributed by atoms with Crippen molar-refractivity contribution in [3.05, 3.63) is 59.3 Å². The summed E-state index contributed by atoms with van der Waals surface area (Å²) in [5.41, 5.74) is 1.47. The van der Waals surface area contributed by atoms with Crippen LogP contribution in [-0.2, 0) is 6.54 Å². The molecule has 0 radical (unpaired) electrons. The van der Waals surface area contributed by atoms with Crippen molar-refractivity contribution in [3.8, 4) is 11.5 Å². The minimum atomic E-state index is -0.963. The molecule has 0 aliphatic rings. The van der Waals surface area contributed by atoms with E-state index in [4.69, 9.17) is 8.94 Å². The molecule has 0 saturated heterocycles. The van der Waals surface area contributed by atoms with Gasteiger partial charge in [-0.1, -0.05) is 11.2 Å². The number of rotatable bonds is 5. The Labute approximate surface area is 137 Å². The minimum Gasteiger partial charge on any atom is -0.441 e. The van der Waals surface area contributed by atoms with Crippen molar-refractivity contribution >= 4 is 0 Å². The van der Waals surface area contributed by atoms with Crippen molar-refractivity contribution in [2.24, 2.45) is 0 Å². The summed E-state index contributed by atoms with van der Waals surface area (Å²) in [6.45, 7) is 4.21. The van der Waals surface area contributed by atoms with Gasteiger partial charge in [-0.25, -0.2) is 13.8 Å². The summed E-state index contributed by atoms with van der Waals surface area (Å²) in [6.07, 6.45) is 1.52. The third-order valence-electron chi connectivity index (χ3n) is 4.02. The van der Waals surface area contributed by atoms with Crippen LogP contribution in [0.1, 0.15) is 30.1 Å². The normalized spacial score (nSPS) is 12.8. The Morgan fingerprint density at radius 3 is 2.75 bits per heavy atom. The third-order valence-corrected chi connectivity index (χ3v) is 4.02. The molecular weight excluding hydrogens is 316 g/mol. The number of halogens is 2. The number of aromatic nitrogens is 2. The van der Waals surface area contributed by atoms with Crippen LogP contribution in [-0.4, -0.2) is 22.1 Å². The molecule has 0 amide bonds. The molecule has 0 unspecified atom stereocenters. The van der Waals surface area contributed by atoms with E-state index in [1.54, 1.807) is 13.0 Å². The molecule has 3 aromatic rings. The molecule has 126 valence electrons. The summed E-state index contributed by atoms with van der Waals surface area (Å²) in [5, 5.41) is 3.92. The zero-order valence-corrected chi connectivity index (χ0v) is 13.6. The maximum Gasteiger partial charge on any atom is 0.229 e. The first-order chi connectivity index (χ1) is 11.5. The zero-order valence-electron chi connectivity index (χ0n) is 13.6. The smallest absolute Gasteiger partial charge is 0.229 e. The van der Waals surface area contributed by atoms with E-state index in [9.17, 15) is 8.78 Å². The number of aryl methyl sites for hydroxylation is 1. The van der Waals surface area contributed by atoms with Crippen LogP contribution in [0.3, 0.4) is 0 Å². The summed E-state index contributed by atoms with van der Waals surface area (Å²) in [6, 6.07) is 5.73. The van der Waals surface area contributed by atoms with Crippen LogP contribution in [0.5, 0.6) is 0 Å². The molecular formula is C17H17F2N3O2. The molecule has 0 spiro atoms. The highest BCUT2D eigenvalue weighted by molar-refractivity contribution is 5.54. The molecule has 2 aromatic heterocycles. The second-order valence-corrected chi connectivity index (χ2v) is 5.64. The van der Waals surface area contributed by atoms with Gasteiger partial charge in [0.25, 0.3) is 0 Å². The van der Waals surface area contributed by atoms with Crippen molar-refractivity contribution < 1.29 is 17.7 Å². The van der Waals surface area contributed by atoms with Crippen molar-refractivity contribution in [1.29, 1.82) is 0 Å². The second kappa shape index (κ2) is 6.52. The fourth-order valence-electron chi connectivity index (χ4n) is 2.40. The van der Waals surface area contributed by atoms with E-state index in [0.29, 0.717) is 18.0 Å². The maximum absolute atomic E-state index is 13.9. The first-order valence-electron chi connectivity index (χ1n) is 7.48. The first-order valence-corrected chi connectivity index (χ1v) is 7.48. The predicted molar refractivity (Wildman–Crippen MR) is 83.0 cm³/mol. The average molecular weight is 333 g/mol. The first kappa shape index (κ1) is 16.3. The molecule has 24 heavy (non-hydrogen) atoms. The van der Waals surface area contributed by atoms with Gasteiger partial charge in [-0.2, -0.15) is 0 Å². The Hall–Kier alpha value is -2.54. The molecule has 0 fully saturated rings. The predicted octanol–water partition coefficient (Wildman–Crippen LogP) is 4.11. The van der Waals surface area contributed by atoms with Gasteiger partial charge in [-0.3, -0.25) is 4.90 Å². The largest absolute Gasteiger partial charge is 0.441 e. The second-order valence-electron chi connectivity index (χ2n) is 5.64. The number of benzene rings is 1. The molecule has 1 aromatic carbocycles. The summed E-state index contributed by atoms with van der Waals surface area (Å²) >= 11 is 0. The van der Waals surface area contributed by atoms with Crippen LogP contribution >= 0.6 is 0 Å². The Balaban J connectivity index is 1.83. The number of hydrogen-bond acceptors (Lipinski definition) is 5. The van der Waals surface area contributed by atoms with Gasteiger partial charge in [0.15, 0.2) is 11.6 Å². The molecule has 1 atom stereocenters. The van der Waals surface area contributed by atoms with E-state index in [0.717, 1.165) is 11.8 Å². The van der Waals surface area contributed by atoms with Gasteiger partial charge >= 0.3 is 0 Å². The molecule has 0 N–H and O–H groups in total. The molecule has 2 heterocycles. The van der Waals surface area contributed by atoms with Gasteiger partial charge in [0.1, 0.15) is 17.7 Å². The molecule has 3 rings (SSSR count). The topological polar surface area (TPSA) is 55.3 Å². The molecule has 0 aliphatic carbocycles. The van der Waals surface area contributed by atoms with E-state index < -0.39 is 11.6 Å².